The lowest BCUT2D eigenvalue weighted by Crippen LogP contribution is -2.54. The lowest BCUT2D eigenvalue weighted by molar-refractivity contribution is -0.146. The van der Waals surface area contributed by atoms with E-state index in [2.05, 4.69) is 15.3 Å². The Morgan fingerprint density at radius 2 is 1.76 bits per heavy atom. The van der Waals surface area contributed by atoms with Crippen LogP contribution in [0.15, 0.2) is 36.7 Å². The lowest BCUT2D eigenvalue weighted by Gasteiger charge is -2.38. The van der Waals surface area contributed by atoms with Gasteiger partial charge in [0.1, 0.15) is 11.2 Å². The number of amides is 2. The van der Waals surface area contributed by atoms with Crippen LogP contribution in [-0.2, 0) is 9.59 Å². The largest absolute Gasteiger partial charge is 0.495 e. The fourth-order valence-corrected chi connectivity index (χ4v) is 3.25. The molecule has 154 valence electrons. The molecule has 0 bridgehead atoms. The number of nitrogens with zero attached hydrogens (tertiary/aromatic N) is 4. The minimum absolute atomic E-state index is 0.199. The number of piperazine rings is 1. The number of hydrogen-bond donors (Lipinski definition) is 1. The molecule has 8 nitrogen and oxygen atoms in total. The summed E-state index contributed by atoms with van der Waals surface area (Å²) in [6.45, 7) is 7.52. The van der Waals surface area contributed by atoms with Gasteiger partial charge in [-0.05, 0) is 44.5 Å². The van der Waals surface area contributed by atoms with Gasteiger partial charge in [0.15, 0.2) is 0 Å². The van der Waals surface area contributed by atoms with Crippen molar-refractivity contribution in [2.45, 2.75) is 20.8 Å². The van der Waals surface area contributed by atoms with Crippen molar-refractivity contribution < 1.29 is 14.3 Å². The summed E-state index contributed by atoms with van der Waals surface area (Å²) in [4.78, 5) is 38.3. The van der Waals surface area contributed by atoms with E-state index in [1.165, 1.54) is 0 Å². The number of carbonyl (C=O) groups is 2. The first-order valence-electron chi connectivity index (χ1n) is 9.60. The van der Waals surface area contributed by atoms with Crippen molar-refractivity contribution in [2.24, 2.45) is 5.41 Å². The van der Waals surface area contributed by atoms with Gasteiger partial charge in [0.2, 0.25) is 17.8 Å². The standard InChI is InChI=1S/C21H27N5O3/c1-15-6-7-17(29-4)16(14-15)24-18(27)21(2,3)19(28)25-10-12-26(13-11-25)20-22-8-5-9-23-20/h5-9,14H,10-13H2,1-4H3,(H,24,27). The second-order valence-electron chi connectivity index (χ2n) is 7.61. The predicted octanol–water partition coefficient (Wildman–Crippen LogP) is 2.11. The summed E-state index contributed by atoms with van der Waals surface area (Å²) in [5.41, 5.74) is 0.342. The predicted molar refractivity (Wildman–Crippen MR) is 111 cm³/mol. The maximum absolute atomic E-state index is 13.1. The molecule has 1 saturated heterocycles. The summed E-state index contributed by atoms with van der Waals surface area (Å²) in [7, 11) is 1.55. The number of nitrogens with one attached hydrogen (secondary N) is 1. The topological polar surface area (TPSA) is 87.7 Å². The maximum Gasteiger partial charge on any atom is 0.239 e. The first-order chi connectivity index (χ1) is 13.8. The molecule has 2 heterocycles. The van der Waals surface area contributed by atoms with Crippen LogP contribution in [0.2, 0.25) is 0 Å². The number of ether oxygens (including phenoxy) is 1. The quantitative estimate of drug-likeness (QED) is 0.778. The summed E-state index contributed by atoms with van der Waals surface area (Å²) in [5, 5.41) is 2.86. The summed E-state index contributed by atoms with van der Waals surface area (Å²) in [6.07, 6.45) is 3.40. The van der Waals surface area contributed by atoms with Crippen molar-refractivity contribution in [1.29, 1.82) is 0 Å². The van der Waals surface area contributed by atoms with Gasteiger partial charge in [-0.2, -0.15) is 0 Å². The summed E-state index contributed by atoms with van der Waals surface area (Å²) in [5.74, 6) is 0.655. The third-order valence-corrected chi connectivity index (χ3v) is 5.11. The summed E-state index contributed by atoms with van der Waals surface area (Å²) < 4.78 is 5.32. The molecule has 1 N–H and O–H groups in total. The van der Waals surface area contributed by atoms with Gasteiger partial charge in [-0.1, -0.05) is 6.07 Å². The Morgan fingerprint density at radius 3 is 2.38 bits per heavy atom. The molecule has 1 aromatic heterocycles. The van der Waals surface area contributed by atoms with E-state index in [9.17, 15) is 9.59 Å². The molecule has 0 radical (unpaired) electrons. The number of carbonyl (C=O) groups excluding carboxylic acids is 2. The van der Waals surface area contributed by atoms with Crippen molar-refractivity contribution in [3.63, 3.8) is 0 Å². The molecule has 2 amide bonds. The Hall–Kier alpha value is -3.16. The molecule has 1 aliphatic heterocycles. The SMILES string of the molecule is COc1ccc(C)cc1NC(=O)C(C)(C)C(=O)N1CCN(c2ncccn2)CC1. The number of hydrogen-bond acceptors (Lipinski definition) is 6. The van der Waals surface area contributed by atoms with Gasteiger partial charge in [0.25, 0.3) is 0 Å². The van der Waals surface area contributed by atoms with Gasteiger partial charge >= 0.3 is 0 Å². The van der Waals surface area contributed by atoms with E-state index in [1.807, 2.05) is 24.0 Å². The molecule has 0 spiro atoms. The molecule has 3 rings (SSSR count). The molecule has 2 aromatic rings. The number of methoxy groups -OCH3 is 1. The van der Waals surface area contributed by atoms with Gasteiger partial charge in [0.05, 0.1) is 12.8 Å². The highest BCUT2D eigenvalue weighted by Gasteiger charge is 2.40. The summed E-state index contributed by atoms with van der Waals surface area (Å²) >= 11 is 0. The van der Waals surface area contributed by atoms with Crippen molar-refractivity contribution >= 4 is 23.5 Å². The number of anilines is 2. The minimum Gasteiger partial charge on any atom is -0.495 e. The molecule has 0 unspecified atom stereocenters. The van der Waals surface area contributed by atoms with Gasteiger partial charge in [0, 0.05) is 38.6 Å². The first-order valence-corrected chi connectivity index (χ1v) is 9.60. The highest BCUT2D eigenvalue weighted by atomic mass is 16.5. The van der Waals surface area contributed by atoms with Crippen molar-refractivity contribution in [3.05, 3.63) is 42.2 Å². The molecular formula is C21H27N5O3. The Morgan fingerprint density at radius 1 is 1.10 bits per heavy atom. The van der Waals surface area contributed by atoms with Gasteiger partial charge < -0.3 is 19.9 Å². The van der Waals surface area contributed by atoms with Crippen LogP contribution < -0.4 is 15.0 Å². The lowest BCUT2D eigenvalue weighted by atomic mass is 9.89. The monoisotopic (exact) mass is 397 g/mol. The molecule has 0 atom stereocenters. The zero-order chi connectivity index (χ0) is 21.0. The molecule has 8 heteroatoms. The molecule has 29 heavy (non-hydrogen) atoms. The Kier molecular flexibility index (Phi) is 6.00. The third kappa shape index (κ3) is 4.47. The Balaban J connectivity index is 1.65. The first kappa shape index (κ1) is 20.6. The number of aryl methyl sites for hydroxylation is 1. The van der Waals surface area contributed by atoms with Crippen LogP contribution in [-0.4, -0.2) is 60.0 Å². The summed E-state index contributed by atoms with van der Waals surface area (Å²) in [6, 6.07) is 7.30. The van der Waals surface area contributed by atoms with Crippen molar-refractivity contribution in [2.75, 3.05) is 43.5 Å². The van der Waals surface area contributed by atoms with Crippen LogP contribution in [0.1, 0.15) is 19.4 Å². The molecular weight excluding hydrogens is 370 g/mol. The van der Waals surface area contributed by atoms with E-state index in [4.69, 9.17) is 4.74 Å². The molecule has 1 aromatic carbocycles. The second-order valence-corrected chi connectivity index (χ2v) is 7.61. The molecule has 1 aliphatic rings. The maximum atomic E-state index is 13.1. The van der Waals surface area contributed by atoms with E-state index in [-0.39, 0.29) is 11.8 Å². The van der Waals surface area contributed by atoms with E-state index >= 15 is 0 Å². The van der Waals surface area contributed by atoms with Crippen LogP contribution in [0.25, 0.3) is 0 Å². The Bertz CT molecular complexity index is 877. The normalized spacial score (nSPS) is 14.5. The van der Waals surface area contributed by atoms with Gasteiger partial charge in [-0.25, -0.2) is 9.97 Å². The zero-order valence-corrected chi connectivity index (χ0v) is 17.3. The number of rotatable bonds is 5. The van der Waals surface area contributed by atoms with E-state index in [1.54, 1.807) is 50.4 Å². The Labute approximate surface area is 170 Å². The van der Waals surface area contributed by atoms with E-state index < -0.39 is 5.41 Å². The molecule has 0 aliphatic carbocycles. The zero-order valence-electron chi connectivity index (χ0n) is 17.3. The fourth-order valence-electron chi connectivity index (χ4n) is 3.25. The van der Waals surface area contributed by atoms with Crippen LogP contribution >= 0.6 is 0 Å². The average molecular weight is 397 g/mol. The molecule has 1 fully saturated rings. The van der Waals surface area contributed by atoms with E-state index in [0.29, 0.717) is 43.6 Å². The second kappa shape index (κ2) is 8.46. The van der Waals surface area contributed by atoms with Crippen LogP contribution in [0, 0.1) is 12.3 Å². The van der Waals surface area contributed by atoms with Crippen molar-refractivity contribution in [3.8, 4) is 5.75 Å². The van der Waals surface area contributed by atoms with Gasteiger partial charge in [-0.15, -0.1) is 0 Å². The fraction of sp³-hybridized carbons (Fsp3) is 0.429. The van der Waals surface area contributed by atoms with Gasteiger partial charge in [-0.3, -0.25) is 9.59 Å². The smallest absolute Gasteiger partial charge is 0.239 e. The average Bonchev–Trinajstić information content (AvgIpc) is 2.74. The van der Waals surface area contributed by atoms with Crippen LogP contribution in [0.3, 0.4) is 0 Å². The van der Waals surface area contributed by atoms with Crippen LogP contribution in [0.4, 0.5) is 11.6 Å². The highest BCUT2D eigenvalue weighted by Crippen LogP contribution is 2.29. The highest BCUT2D eigenvalue weighted by molar-refractivity contribution is 6.10. The number of benzene rings is 1. The molecule has 0 saturated carbocycles. The van der Waals surface area contributed by atoms with Crippen molar-refractivity contribution in [1.82, 2.24) is 14.9 Å². The number of aromatic nitrogens is 2. The third-order valence-electron chi connectivity index (χ3n) is 5.11. The van der Waals surface area contributed by atoms with E-state index in [0.717, 1.165) is 5.56 Å². The van der Waals surface area contributed by atoms with Crippen LogP contribution in [0.5, 0.6) is 5.75 Å². The minimum atomic E-state index is -1.21.